The quantitative estimate of drug-likeness (QED) is 0.847. The van der Waals surface area contributed by atoms with Crippen LogP contribution >= 0.6 is 15.9 Å². The van der Waals surface area contributed by atoms with Gasteiger partial charge in [-0.15, -0.1) is 5.92 Å². The molecule has 0 bridgehead atoms. The normalized spacial score (nSPS) is 11.5. The van der Waals surface area contributed by atoms with Gasteiger partial charge in [-0.2, -0.15) is 0 Å². The molecular formula is C14H18BrNO. The SMILES string of the molecule is CC#CCOc1ccc(Br)cc1CC(N)CC. The monoisotopic (exact) mass is 295 g/mol. The molecular weight excluding hydrogens is 278 g/mol. The van der Waals surface area contributed by atoms with Gasteiger partial charge in [0.2, 0.25) is 0 Å². The molecule has 0 aliphatic rings. The smallest absolute Gasteiger partial charge is 0.149 e. The topological polar surface area (TPSA) is 35.2 Å². The van der Waals surface area contributed by atoms with Gasteiger partial charge in [0.25, 0.3) is 0 Å². The Kier molecular flexibility index (Phi) is 6.10. The highest BCUT2D eigenvalue weighted by atomic mass is 79.9. The van der Waals surface area contributed by atoms with Gasteiger partial charge in [0, 0.05) is 10.5 Å². The summed E-state index contributed by atoms with van der Waals surface area (Å²) in [6, 6.07) is 6.16. The predicted molar refractivity (Wildman–Crippen MR) is 75.1 cm³/mol. The minimum atomic E-state index is 0.170. The molecule has 1 aromatic rings. The van der Waals surface area contributed by atoms with Crippen molar-refractivity contribution in [2.75, 3.05) is 6.61 Å². The number of rotatable bonds is 5. The van der Waals surface area contributed by atoms with Crippen molar-refractivity contribution >= 4 is 15.9 Å². The summed E-state index contributed by atoms with van der Waals surface area (Å²) >= 11 is 3.47. The van der Waals surface area contributed by atoms with E-state index < -0.39 is 0 Å². The van der Waals surface area contributed by atoms with Gasteiger partial charge in [-0.05, 0) is 43.5 Å². The number of ether oxygens (including phenoxy) is 1. The first-order valence-corrected chi connectivity index (χ1v) is 6.53. The van der Waals surface area contributed by atoms with Crippen LogP contribution in [0.3, 0.4) is 0 Å². The van der Waals surface area contributed by atoms with Crippen molar-refractivity contribution in [3.63, 3.8) is 0 Å². The van der Waals surface area contributed by atoms with Crippen molar-refractivity contribution in [1.82, 2.24) is 0 Å². The lowest BCUT2D eigenvalue weighted by molar-refractivity contribution is 0.364. The van der Waals surface area contributed by atoms with E-state index in [1.807, 2.05) is 12.1 Å². The van der Waals surface area contributed by atoms with Crippen LogP contribution in [0.1, 0.15) is 25.8 Å². The van der Waals surface area contributed by atoms with Crippen molar-refractivity contribution in [2.24, 2.45) is 5.73 Å². The molecule has 0 heterocycles. The zero-order valence-electron chi connectivity index (χ0n) is 10.3. The summed E-state index contributed by atoms with van der Waals surface area (Å²) in [5.41, 5.74) is 7.11. The molecule has 1 rings (SSSR count). The maximum absolute atomic E-state index is 5.98. The lowest BCUT2D eigenvalue weighted by atomic mass is 10.0. The summed E-state index contributed by atoms with van der Waals surface area (Å²) < 4.78 is 6.67. The maximum Gasteiger partial charge on any atom is 0.149 e. The zero-order valence-corrected chi connectivity index (χ0v) is 11.9. The van der Waals surface area contributed by atoms with E-state index in [1.165, 1.54) is 0 Å². The maximum atomic E-state index is 5.98. The molecule has 2 N–H and O–H groups in total. The fraction of sp³-hybridized carbons (Fsp3) is 0.429. The molecule has 92 valence electrons. The second-order valence-corrected chi connectivity index (χ2v) is 4.76. The van der Waals surface area contributed by atoms with Gasteiger partial charge in [0.05, 0.1) is 0 Å². The third-order valence-corrected chi connectivity index (χ3v) is 3.00. The van der Waals surface area contributed by atoms with E-state index in [9.17, 15) is 0 Å². The molecule has 0 spiro atoms. The molecule has 0 aliphatic heterocycles. The predicted octanol–water partition coefficient (Wildman–Crippen LogP) is 3.13. The minimum absolute atomic E-state index is 0.170. The highest BCUT2D eigenvalue weighted by Gasteiger charge is 2.08. The molecule has 1 unspecified atom stereocenters. The third-order valence-electron chi connectivity index (χ3n) is 2.51. The second-order valence-electron chi connectivity index (χ2n) is 3.84. The van der Waals surface area contributed by atoms with Gasteiger partial charge in [0.1, 0.15) is 12.4 Å². The van der Waals surface area contributed by atoms with Crippen LogP contribution in [0.25, 0.3) is 0 Å². The summed E-state index contributed by atoms with van der Waals surface area (Å²) in [4.78, 5) is 0. The van der Waals surface area contributed by atoms with Crippen molar-refractivity contribution in [2.45, 2.75) is 32.7 Å². The first-order chi connectivity index (χ1) is 8.17. The number of nitrogens with two attached hydrogens (primary N) is 1. The minimum Gasteiger partial charge on any atom is -0.481 e. The molecule has 1 atom stereocenters. The molecule has 0 fully saturated rings. The van der Waals surface area contributed by atoms with E-state index in [0.717, 1.165) is 28.6 Å². The molecule has 0 radical (unpaired) electrons. The molecule has 0 aliphatic carbocycles. The second kappa shape index (κ2) is 7.37. The lowest BCUT2D eigenvalue weighted by Crippen LogP contribution is -2.21. The Bertz CT molecular complexity index is 420. The number of hydrogen-bond acceptors (Lipinski definition) is 2. The zero-order chi connectivity index (χ0) is 12.7. The third kappa shape index (κ3) is 4.80. The van der Waals surface area contributed by atoms with E-state index in [2.05, 4.69) is 40.8 Å². The van der Waals surface area contributed by atoms with Crippen LogP contribution in [0.2, 0.25) is 0 Å². The number of benzene rings is 1. The first kappa shape index (κ1) is 14.1. The fourth-order valence-corrected chi connectivity index (χ4v) is 1.87. The molecule has 17 heavy (non-hydrogen) atoms. The molecule has 0 amide bonds. The van der Waals surface area contributed by atoms with Crippen LogP contribution in [0.15, 0.2) is 22.7 Å². The van der Waals surface area contributed by atoms with E-state index in [1.54, 1.807) is 6.92 Å². The molecule has 1 aromatic carbocycles. The Balaban J connectivity index is 2.82. The van der Waals surface area contributed by atoms with E-state index in [-0.39, 0.29) is 6.04 Å². The van der Waals surface area contributed by atoms with Gasteiger partial charge >= 0.3 is 0 Å². The highest BCUT2D eigenvalue weighted by Crippen LogP contribution is 2.24. The van der Waals surface area contributed by atoms with Gasteiger partial charge in [-0.1, -0.05) is 28.8 Å². The van der Waals surface area contributed by atoms with Crippen LogP contribution in [0.4, 0.5) is 0 Å². The molecule has 3 heteroatoms. The summed E-state index contributed by atoms with van der Waals surface area (Å²) in [7, 11) is 0. The van der Waals surface area contributed by atoms with Gasteiger partial charge in [-0.3, -0.25) is 0 Å². The van der Waals surface area contributed by atoms with Crippen LogP contribution < -0.4 is 10.5 Å². The number of halogens is 1. The fourth-order valence-electron chi connectivity index (χ4n) is 1.46. The van der Waals surface area contributed by atoms with E-state index in [4.69, 9.17) is 10.5 Å². The van der Waals surface area contributed by atoms with Crippen molar-refractivity contribution in [3.05, 3.63) is 28.2 Å². The lowest BCUT2D eigenvalue weighted by Gasteiger charge is -2.13. The molecule has 2 nitrogen and oxygen atoms in total. The van der Waals surface area contributed by atoms with Crippen LogP contribution in [-0.2, 0) is 6.42 Å². The average Bonchev–Trinajstić information content (AvgIpc) is 2.32. The Hall–Kier alpha value is -0.980. The Morgan fingerprint density at radius 3 is 2.88 bits per heavy atom. The van der Waals surface area contributed by atoms with Crippen LogP contribution in [-0.4, -0.2) is 12.6 Å². The number of hydrogen-bond donors (Lipinski definition) is 1. The van der Waals surface area contributed by atoms with Gasteiger partial charge in [0.15, 0.2) is 0 Å². The summed E-state index contributed by atoms with van der Waals surface area (Å²) in [6.07, 6.45) is 1.78. The highest BCUT2D eigenvalue weighted by molar-refractivity contribution is 9.10. The van der Waals surface area contributed by atoms with E-state index >= 15 is 0 Å². The standard InChI is InChI=1S/C14H18BrNO/c1-3-5-8-17-14-7-6-12(15)9-11(14)10-13(16)4-2/h6-7,9,13H,4,8,10,16H2,1-2H3. The van der Waals surface area contributed by atoms with Crippen molar-refractivity contribution < 1.29 is 4.74 Å². The Morgan fingerprint density at radius 1 is 1.47 bits per heavy atom. The van der Waals surface area contributed by atoms with Gasteiger partial charge in [-0.25, -0.2) is 0 Å². The molecule has 0 saturated carbocycles. The Labute approximate surface area is 112 Å². The first-order valence-electron chi connectivity index (χ1n) is 5.73. The Morgan fingerprint density at radius 2 is 2.24 bits per heavy atom. The average molecular weight is 296 g/mol. The summed E-state index contributed by atoms with van der Waals surface area (Å²) in [6.45, 7) is 4.32. The van der Waals surface area contributed by atoms with Crippen molar-refractivity contribution in [1.29, 1.82) is 0 Å². The summed E-state index contributed by atoms with van der Waals surface area (Å²) in [5.74, 6) is 6.58. The van der Waals surface area contributed by atoms with Crippen LogP contribution in [0.5, 0.6) is 5.75 Å². The van der Waals surface area contributed by atoms with E-state index in [0.29, 0.717) is 6.61 Å². The van der Waals surface area contributed by atoms with Crippen molar-refractivity contribution in [3.8, 4) is 17.6 Å². The van der Waals surface area contributed by atoms with Crippen LogP contribution in [0, 0.1) is 11.8 Å². The summed E-state index contributed by atoms with van der Waals surface area (Å²) in [5, 5.41) is 0. The largest absolute Gasteiger partial charge is 0.481 e. The van der Waals surface area contributed by atoms with Gasteiger partial charge < -0.3 is 10.5 Å². The molecule has 0 saturated heterocycles. The molecule has 0 aromatic heterocycles.